The number of benzene rings is 2. The van der Waals surface area contributed by atoms with Gasteiger partial charge in [0.25, 0.3) is 0 Å². The van der Waals surface area contributed by atoms with Gasteiger partial charge in [-0.3, -0.25) is 5.84 Å². The Bertz CT molecular complexity index is 574. The predicted molar refractivity (Wildman–Crippen MR) is 76.4 cm³/mol. The number of nitrogens with one attached hydrogen (secondary N) is 1. The zero-order valence-electron chi connectivity index (χ0n) is 11.6. The van der Waals surface area contributed by atoms with Crippen molar-refractivity contribution >= 4 is 0 Å². The number of halogens is 3. The van der Waals surface area contributed by atoms with Gasteiger partial charge in [-0.05, 0) is 35.2 Å². The Morgan fingerprint density at radius 2 is 1.43 bits per heavy atom. The van der Waals surface area contributed by atoms with Crippen LogP contribution in [0.3, 0.4) is 0 Å². The fourth-order valence-electron chi connectivity index (χ4n) is 2.20. The second-order valence-electron chi connectivity index (χ2n) is 4.81. The molecular formula is C16H17F3N2. The molecule has 0 amide bonds. The summed E-state index contributed by atoms with van der Waals surface area (Å²) in [6.07, 6.45) is -3.39. The van der Waals surface area contributed by atoms with Crippen LogP contribution in [0.15, 0.2) is 48.5 Å². The molecule has 2 aromatic rings. The van der Waals surface area contributed by atoms with E-state index in [-0.39, 0.29) is 6.04 Å². The minimum Gasteiger partial charge on any atom is -0.271 e. The predicted octanol–water partition coefficient (Wildman–Crippen LogP) is 3.82. The smallest absolute Gasteiger partial charge is 0.271 e. The highest BCUT2D eigenvalue weighted by Crippen LogP contribution is 2.30. The van der Waals surface area contributed by atoms with Crippen LogP contribution in [0.5, 0.6) is 0 Å². The second-order valence-corrected chi connectivity index (χ2v) is 4.81. The summed E-state index contributed by atoms with van der Waals surface area (Å²) in [6.45, 7) is 2.06. The zero-order valence-corrected chi connectivity index (χ0v) is 11.6. The first-order valence-corrected chi connectivity index (χ1v) is 6.68. The quantitative estimate of drug-likeness (QED) is 0.664. The largest absolute Gasteiger partial charge is 0.416 e. The van der Waals surface area contributed by atoms with Gasteiger partial charge in [0.2, 0.25) is 0 Å². The molecular weight excluding hydrogens is 277 g/mol. The highest BCUT2D eigenvalue weighted by molar-refractivity contribution is 5.35. The number of aryl methyl sites for hydroxylation is 1. The average Bonchev–Trinajstić information content (AvgIpc) is 2.48. The normalized spacial score (nSPS) is 13.2. The molecule has 0 spiro atoms. The monoisotopic (exact) mass is 294 g/mol. The number of hydrazine groups is 1. The maximum absolute atomic E-state index is 12.6. The topological polar surface area (TPSA) is 38.0 Å². The van der Waals surface area contributed by atoms with Crippen molar-refractivity contribution in [3.8, 4) is 0 Å². The van der Waals surface area contributed by atoms with Gasteiger partial charge in [0.1, 0.15) is 0 Å². The first kappa shape index (κ1) is 15.5. The average molecular weight is 294 g/mol. The van der Waals surface area contributed by atoms with Gasteiger partial charge in [-0.1, -0.05) is 43.3 Å². The fraction of sp³-hybridized carbons (Fsp3) is 0.250. The number of nitrogens with two attached hydrogens (primary N) is 1. The molecule has 0 aliphatic heterocycles. The standard InChI is InChI=1S/C16H17F3N2/c1-2-11-3-5-12(6-4-11)15(21-20)13-7-9-14(10-8-13)16(17,18)19/h3-10,15,21H,2,20H2,1H3. The van der Waals surface area contributed by atoms with Crippen molar-refractivity contribution < 1.29 is 13.2 Å². The van der Waals surface area contributed by atoms with E-state index in [1.54, 1.807) is 0 Å². The molecule has 0 saturated heterocycles. The molecule has 0 fully saturated rings. The lowest BCUT2D eigenvalue weighted by Gasteiger charge is -2.18. The molecule has 0 aliphatic carbocycles. The first-order valence-electron chi connectivity index (χ1n) is 6.68. The van der Waals surface area contributed by atoms with Gasteiger partial charge in [0.05, 0.1) is 11.6 Å². The maximum atomic E-state index is 12.6. The molecule has 3 N–H and O–H groups in total. The third-order valence-electron chi connectivity index (χ3n) is 3.46. The lowest BCUT2D eigenvalue weighted by Crippen LogP contribution is -2.28. The van der Waals surface area contributed by atoms with E-state index >= 15 is 0 Å². The van der Waals surface area contributed by atoms with Gasteiger partial charge < -0.3 is 0 Å². The minimum atomic E-state index is -4.33. The molecule has 2 aromatic carbocycles. The summed E-state index contributed by atoms with van der Waals surface area (Å²) in [4.78, 5) is 0. The highest BCUT2D eigenvalue weighted by atomic mass is 19.4. The Hall–Kier alpha value is -1.85. The molecule has 0 aliphatic rings. The molecule has 2 rings (SSSR count). The van der Waals surface area contributed by atoms with Crippen LogP contribution >= 0.6 is 0 Å². The van der Waals surface area contributed by atoms with Crippen LogP contribution in [-0.2, 0) is 12.6 Å². The van der Waals surface area contributed by atoms with Crippen LogP contribution in [-0.4, -0.2) is 0 Å². The SMILES string of the molecule is CCc1ccc(C(NN)c2ccc(C(F)(F)F)cc2)cc1. The molecule has 21 heavy (non-hydrogen) atoms. The van der Waals surface area contributed by atoms with Crippen molar-refractivity contribution in [2.75, 3.05) is 0 Å². The molecule has 0 radical (unpaired) electrons. The van der Waals surface area contributed by atoms with Gasteiger partial charge in [-0.25, -0.2) is 5.43 Å². The molecule has 2 nitrogen and oxygen atoms in total. The highest BCUT2D eigenvalue weighted by Gasteiger charge is 2.30. The third kappa shape index (κ3) is 3.62. The summed E-state index contributed by atoms with van der Waals surface area (Å²) in [7, 11) is 0. The molecule has 0 saturated carbocycles. The van der Waals surface area contributed by atoms with Gasteiger partial charge in [0.15, 0.2) is 0 Å². The van der Waals surface area contributed by atoms with E-state index in [2.05, 4.69) is 12.3 Å². The lowest BCUT2D eigenvalue weighted by molar-refractivity contribution is -0.137. The minimum absolute atomic E-state index is 0.335. The maximum Gasteiger partial charge on any atom is 0.416 e. The summed E-state index contributed by atoms with van der Waals surface area (Å²) >= 11 is 0. The summed E-state index contributed by atoms with van der Waals surface area (Å²) < 4.78 is 37.7. The molecule has 0 heterocycles. The third-order valence-corrected chi connectivity index (χ3v) is 3.46. The van der Waals surface area contributed by atoms with Crippen LogP contribution in [0.25, 0.3) is 0 Å². The van der Waals surface area contributed by atoms with E-state index < -0.39 is 11.7 Å². The van der Waals surface area contributed by atoms with E-state index in [0.717, 1.165) is 24.1 Å². The molecule has 5 heteroatoms. The number of hydrogen-bond acceptors (Lipinski definition) is 2. The van der Waals surface area contributed by atoms with Crippen molar-refractivity contribution in [3.05, 3.63) is 70.8 Å². The van der Waals surface area contributed by atoms with Crippen LogP contribution in [0, 0.1) is 0 Å². The van der Waals surface area contributed by atoms with E-state index in [4.69, 9.17) is 5.84 Å². The Kier molecular flexibility index (Phi) is 4.65. The summed E-state index contributed by atoms with van der Waals surface area (Å²) in [5.74, 6) is 5.56. The number of alkyl halides is 3. The van der Waals surface area contributed by atoms with E-state index in [0.29, 0.717) is 5.56 Å². The summed E-state index contributed by atoms with van der Waals surface area (Å²) in [6, 6.07) is 12.5. The van der Waals surface area contributed by atoms with Gasteiger partial charge in [-0.15, -0.1) is 0 Å². The van der Waals surface area contributed by atoms with Crippen LogP contribution in [0.4, 0.5) is 13.2 Å². The Balaban J connectivity index is 2.28. The van der Waals surface area contributed by atoms with E-state index in [9.17, 15) is 13.2 Å². The zero-order chi connectivity index (χ0) is 15.5. The van der Waals surface area contributed by atoms with Crippen molar-refractivity contribution in [1.29, 1.82) is 0 Å². The van der Waals surface area contributed by atoms with E-state index in [1.165, 1.54) is 17.7 Å². The molecule has 0 aromatic heterocycles. The van der Waals surface area contributed by atoms with Gasteiger partial charge in [0, 0.05) is 0 Å². The van der Waals surface area contributed by atoms with Gasteiger partial charge in [-0.2, -0.15) is 13.2 Å². The summed E-state index contributed by atoms with van der Waals surface area (Å²) in [5, 5.41) is 0. The van der Waals surface area contributed by atoms with Crippen LogP contribution in [0.1, 0.15) is 35.2 Å². The number of hydrogen-bond donors (Lipinski definition) is 2. The Morgan fingerprint density at radius 3 is 1.81 bits per heavy atom. The Labute approximate surface area is 121 Å². The van der Waals surface area contributed by atoms with E-state index in [1.807, 2.05) is 24.3 Å². The molecule has 0 bridgehead atoms. The molecule has 112 valence electrons. The van der Waals surface area contributed by atoms with Crippen LogP contribution in [0.2, 0.25) is 0 Å². The second kappa shape index (κ2) is 6.28. The van der Waals surface area contributed by atoms with Gasteiger partial charge >= 0.3 is 6.18 Å². The van der Waals surface area contributed by atoms with Crippen LogP contribution < -0.4 is 11.3 Å². The van der Waals surface area contributed by atoms with Crippen molar-refractivity contribution in [1.82, 2.24) is 5.43 Å². The molecule has 1 unspecified atom stereocenters. The Morgan fingerprint density at radius 1 is 0.952 bits per heavy atom. The molecule has 1 atom stereocenters. The van der Waals surface area contributed by atoms with Crippen molar-refractivity contribution in [3.63, 3.8) is 0 Å². The fourth-order valence-corrected chi connectivity index (χ4v) is 2.20. The summed E-state index contributed by atoms with van der Waals surface area (Å²) in [5.41, 5.74) is 4.78. The van der Waals surface area contributed by atoms with Crippen molar-refractivity contribution in [2.24, 2.45) is 5.84 Å². The first-order chi connectivity index (χ1) is 9.95. The van der Waals surface area contributed by atoms with Crippen molar-refractivity contribution in [2.45, 2.75) is 25.6 Å². The number of rotatable bonds is 4. The lowest BCUT2D eigenvalue weighted by atomic mass is 9.97.